The quantitative estimate of drug-likeness (QED) is 0.385. The van der Waals surface area contributed by atoms with Crippen LogP contribution < -0.4 is 0 Å². The summed E-state index contributed by atoms with van der Waals surface area (Å²) in [7, 11) is 2.06. The average Bonchev–Trinajstić information content (AvgIpc) is 3.25. The molecule has 4 aliphatic carbocycles. The molecule has 0 saturated heterocycles. The zero-order valence-electron chi connectivity index (χ0n) is 23.5. The summed E-state index contributed by atoms with van der Waals surface area (Å²) >= 11 is 0. The lowest BCUT2D eigenvalue weighted by molar-refractivity contribution is -0.141. The fourth-order valence-electron chi connectivity index (χ4n) is 9.83. The van der Waals surface area contributed by atoms with E-state index < -0.39 is 11.8 Å². The lowest BCUT2D eigenvalue weighted by Crippen LogP contribution is -2.53. The molecule has 4 nitrogen and oxygen atoms in total. The smallest absolute Gasteiger partial charge is 0.123 e. The monoisotopic (exact) mass is 515 g/mol. The third-order valence-corrected chi connectivity index (χ3v) is 11.7. The number of nitrogens with zero attached hydrogens (tertiary/aromatic N) is 1. The second kappa shape index (κ2) is 10.9. The van der Waals surface area contributed by atoms with Crippen LogP contribution in [-0.4, -0.2) is 47.2 Å². The molecule has 1 aromatic carbocycles. The van der Waals surface area contributed by atoms with E-state index in [1.807, 2.05) is 19.1 Å². The number of benzene rings is 1. The van der Waals surface area contributed by atoms with Crippen LogP contribution in [0.3, 0.4) is 0 Å². The first-order valence-corrected chi connectivity index (χ1v) is 15.2. The third kappa shape index (κ3) is 5.03. The molecule has 4 aliphatic rings. The van der Waals surface area contributed by atoms with Crippen LogP contribution >= 0.6 is 0 Å². The maximum Gasteiger partial charge on any atom is 0.123 e. The minimum absolute atomic E-state index is 0.0858. The van der Waals surface area contributed by atoms with E-state index in [1.165, 1.54) is 44.2 Å². The number of rotatable bonds is 8. The number of halogens is 1. The highest BCUT2D eigenvalue weighted by Crippen LogP contribution is 2.65. The van der Waals surface area contributed by atoms with Gasteiger partial charge in [-0.15, -0.1) is 0 Å². The summed E-state index contributed by atoms with van der Waals surface area (Å²) in [4.78, 5) is 2.16. The zero-order chi connectivity index (χ0) is 26.4. The van der Waals surface area contributed by atoms with Gasteiger partial charge in [0.05, 0.1) is 12.2 Å². The van der Waals surface area contributed by atoms with Crippen LogP contribution in [0.15, 0.2) is 24.3 Å². The van der Waals surface area contributed by atoms with Crippen LogP contribution in [0.1, 0.15) is 96.6 Å². The normalized spacial score (nSPS) is 41.1. The molecule has 0 aromatic heterocycles. The molecular formula is C32H50FNO3. The molecule has 10 atom stereocenters. The minimum atomic E-state index is -0.624. The van der Waals surface area contributed by atoms with E-state index in [2.05, 4.69) is 25.8 Å². The van der Waals surface area contributed by atoms with Crippen molar-refractivity contribution in [3.05, 3.63) is 35.6 Å². The highest BCUT2D eigenvalue weighted by Gasteiger charge is 2.59. The molecule has 5 rings (SSSR count). The van der Waals surface area contributed by atoms with Gasteiger partial charge in [-0.3, -0.25) is 4.90 Å². The highest BCUT2D eigenvalue weighted by atomic mass is 19.1. The molecule has 1 aromatic rings. The van der Waals surface area contributed by atoms with Gasteiger partial charge >= 0.3 is 0 Å². The topological polar surface area (TPSA) is 52.9 Å². The second-order valence-electron chi connectivity index (χ2n) is 13.3. The van der Waals surface area contributed by atoms with E-state index in [0.717, 1.165) is 55.4 Å². The van der Waals surface area contributed by atoms with Gasteiger partial charge in [-0.1, -0.05) is 26.0 Å². The highest BCUT2D eigenvalue weighted by molar-refractivity contribution is 5.20. The van der Waals surface area contributed by atoms with Crippen molar-refractivity contribution in [2.75, 3.05) is 20.3 Å². The summed E-state index contributed by atoms with van der Waals surface area (Å²) in [6, 6.07) is 6.89. The van der Waals surface area contributed by atoms with Gasteiger partial charge in [0.1, 0.15) is 12.0 Å². The van der Waals surface area contributed by atoms with Crippen LogP contribution in [0.5, 0.6) is 0 Å². The first-order valence-electron chi connectivity index (χ1n) is 15.2. The summed E-state index contributed by atoms with van der Waals surface area (Å²) in [5, 5.41) is 22.9. The van der Waals surface area contributed by atoms with E-state index in [9.17, 15) is 14.6 Å². The van der Waals surface area contributed by atoms with Gasteiger partial charge in [0.2, 0.25) is 0 Å². The molecule has 0 radical (unpaired) electrons. The SMILES string of the molecule is CCOC[C@@]1(O)CC[C@H]2[C@H](CC[C@@H]3[C@@H]2CC[C@]2(C)[C@@H](C(O)N(C)[C@@H](CC)c4ccc(F)cc4)CC[C@@H]32)C1. The third-order valence-electron chi connectivity index (χ3n) is 11.7. The van der Waals surface area contributed by atoms with E-state index in [1.54, 1.807) is 0 Å². The summed E-state index contributed by atoms with van der Waals surface area (Å²) in [6.45, 7) is 7.81. The van der Waals surface area contributed by atoms with Gasteiger partial charge in [-0.25, -0.2) is 4.39 Å². The average molecular weight is 516 g/mol. The Morgan fingerprint density at radius 2 is 1.73 bits per heavy atom. The van der Waals surface area contributed by atoms with Gasteiger partial charge < -0.3 is 14.9 Å². The van der Waals surface area contributed by atoms with Crippen molar-refractivity contribution in [3.8, 4) is 0 Å². The molecule has 208 valence electrons. The first-order chi connectivity index (χ1) is 17.7. The molecule has 4 fully saturated rings. The molecule has 0 amide bonds. The fourth-order valence-corrected chi connectivity index (χ4v) is 9.83. The number of aliphatic hydroxyl groups excluding tert-OH is 1. The minimum Gasteiger partial charge on any atom is -0.387 e. The summed E-state index contributed by atoms with van der Waals surface area (Å²) < 4.78 is 19.2. The summed E-state index contributed by atoms with van der Waals surface area (Å²) in [5.74, 6) is 3.69. The number of ether oxygens (including phenoxy) is 1. The van der Waals surface area contributed by atoms with Gasteiger partial charge in [-0.05, 0) is 131 Å². The molecule has 5 heteroatoms. The van der Waals surface area contributed by atoms with Crippen molar-refractivity contribution >= 4 is 0 Å². The number of aliphatic hydroxyl groups is 2. The fraction of sp³-hybridized carbons (Fsp3) is 0.812. The Hall–Kier alpha value is -1.01. The number of fused-ring (bicyclic) bond motifs is 5. The largest absolute Gasteiger partial charge is 0.387 e. The Bertz CT molecular complexity index is 910. The van der Waals surface area contributed by atoms with Crippen molar-refractivity contribution in [2.45, 2.75) is 103 Å². The maximum atomic E-state index is 13.5. The van der Waals surface area contributed by atoms with Crippen molar-refractivity contribution in [1.29, 1.82) is 0 Å². The van der Waals surface area contributed by atoms with Gasteiger partial charge in [0, 0.05) is 18.6 Å². The molecule has 4 saturated carbocycles. The van der Waals surface area contributed by atoms with Gasteiger partial charge in [0.15, 0.2) is 0 Å². The molecule has 0 spiro atoms. The second-order valence-corrected chi connectivity index (χ2v) is 13.3. The van der Waals surface area contributed by atoms with Crippen LogP contribution in [0.2, 0.25) is 0 Å². The Morgan fingerprint density at radius 3 is 2.43 bits per heavy atom. The number of hydrogen-bond acceptors (Lipinski definition) is 4. The Morgan fingerprint density at radius 1 is 1.00 bits per heavy atom. The molecular weight excluding hydrogens is 465 g/mol. The van der Waals surface area contributed by atoms with Crippen LogP contribution in [0, 0.1) is 46.7 Å². The molecule has 1 unspecified atom stereocenters. The lowest BCUT2D eigenvalue weighted by Gasteiger charge is -2.57. The van der Waals surface area contributed by atoms with Crippen molar-refractivity contribution in [3.63, 3.8) is 0 Å². The van der Waals surface area contributed by atoms with Crippen molar-refractivity contribution in [1.82, 2.24) is 4.90 Å². The number of hydrogen-bond donors (Lipinski definition) is 2. The van der Waals surface area contributed by atoms with Crippen LogP contribution in [0.25, 0.3) is 0 Å². The predicted molar refractivity (Wildman–Crippen MR) is 145 cm³/mol. The van der Waals surface area contributed by atoms with Gasteiger partial charge in [0.25, 0.3) is 0 Å². The predicted octanol–water partition coefficient (Wildman–Crippen LogP) is 6.56. The summed E-state index contributed by atoms with van der Waals surface area (Å²) in [5.41, 5.74) is 0.627. The first kappa shape index (κ1) is 27.6. The molecule has 2 N–H and O–H groups in total. The Kier molecular flexibility index (Phi) is 8.09. The van der Waals surface area contributed by atoms with Gasteiger partial charge in [-0.2, -0.15) is 0 Å². The van der Waals surface area contributed by atoms with E-state index in [0.29, 0.717) is 25.0 Å². The van der Waals surface area contributed by atoms with Crippen LogP contribution in [0.4, 0.5) is 4.39 Å². The molecule has 0 bridgehead atoms. The van der Waals surface area contributed by atoms with Crippen LogP contribution in [-0.2, 0) is 4.74 Å². The molecule has 37 heavy (non-hydrogen) atoms. The van der Waals surface area contributed by atoms with E-state index >= 15 is 0 Å². The maximum absolute atomic E-state index is 13.5. The van der Waals surface area contributed by atoms with Crippen molar-refractivity contribution in [2.24, 2.45) is 40.9 Å². The zero-order valence-corrected chi connectivity index (χ0v) is 23.5. The summed E-state index contributed by atoms with van der Waals surface area (Å²) in [6.07, 6.45) is 10.7. The standard InChI is InChI=1S/C32H50FNO3/c1-5-29(21-7-10-23(33)11-8-21)34(4)30(35)28-14-13-27-26-12-9-22-19-32(36,20-37-6-2)18-16-24(22)25(26)15-17-31(27,28)3/h7-8,10-11,22,24-30,35-36H,5-6,9,12-20H2,1-4H3/t22-,24+,25-,26-,27+,28-,29+,30?,31+,32-/m1/s1. The van der Waals surface area contributed by atoms with Crippen molar-refractivity contribution < 1.29 is 19.3 Å². The molecule has 0 aliphatic heterocycles. The Balaban J connectivity index is 1.27. The Labute approximate surface area is 224 Å². The van der Waals surface area contributed by atoms with E-state index in [-0.39, 0.29) is 23.2 Å². The lowest BCUT2D eigenvalue weighted by atomic mass is 9.49. The van der Waals surface area contributed by atoms with E-state index in [4.69, 9.17) is 4.74 Å². The molecule has 0 heterocycles.